The Labute approximate surface area is 139 Å². The molecule has 2 aromatic rings. The van der Waals surface area contributed by atoms with E-state index < -0.39 is 0 Å². The van der Waals surface area contributed by atoms with Crippen LogP contribution in [0.15, 0.2) is 12.3 Å². The Morgan fingerprint density at radius 1 is 1.42 bits per heavy atom. The van der Waals surface area contributed by atoms with Crippen molar-refractivity contribution < 1.29 is 9.53 Å². The van der Waals surface area contributed by atoms with Crippen LogP contribution in [0.25, 0.3) is 0 Å². The van der Waals surface area contributed by atoms with Crippen LogP contribution in [-0.2, 0) is 29.2 Å². The summed E-state index contributed by atoms with van der Waals surface area (Å²) in [7, 11) is 0. The lowest BCUT2D eigenvalue weighted by Crippen LogP contribution is -2.45. The van der Waals surface area contributed by atoms with E-state index in [0.717, 1.165) is 18.8 Å². The third kappa shape index (κ3) is 4.36. The first-order valence-corrected chi connectivity index (χ1v) is 7.98. The van der Waals surface area contributed by atoms with Gasteiger partial charge in [0.1, 0.15) is 6.54 Å². The summed E-state index contributed by atoms with van der Waals surface area (Å²) < 4.78 is 7.26. The number of tetrazole rings is 1. The van der Waals surface area contributed by atoms with Gasteiger partial charge in [0.2, 0.25) is 5.91 Å². The monoisotopic (exact) mass is 334 g/mol. The molecule has 0 aliphatic carbocycles. The molecule has 3 heterocycles. The van der Waals surface area contributed by atoms with E-state index in [-0.39, 0.29) is 24.7 Å². The average molecular weight is 334 g/mol. The van der Waals surface area contributed by atoms with Gasteiger partial charge in [-0.25, -0.2) is 4.68 Å². The summed E-state index contributed by atoms with van der Waals surface area (Å²) in [6.45, 7) is 6.83. The molecule has 1 saturated heterocycles. The number of aromatic amines is 1. The fourth-order valence-corrected chi connectivity index (χ4v) is 2.84. The van der Waals surface area contributed by atoms with Crippen molar-refractivity contribution in [2.75, 3.05) is 13.1 Å². The van der Waals surface area contributed by atoms with Crippen molar-refractivity contribution in [3.63, 3.8) is 0 Å². The lowest BCUT2D eigenvalue weighted by molar-refractivity contribution is -0.122. The van der Waals surface area contributed by atoms with E-state index in [1.165, 1.54) is 4.68 Å². The highest BCUT2D eigenvalue weighted by Gasteiger charge is 2.24. The molecule has 2 N–H and O–H groups in total. The fourth-order valence-electron chi connectivity index (χ4n) is 2.84. The van der Waals surface area contributed by atoms with Gasteiger partial charge in [-0.15, -0.1) is 5.10 Å². The van der Waals surface area contributed by atoms with E-state index in [4.69, 9.17) is 4.74 Å². The Hall–Kier alpha value is -2.33. The number of nitrogens with one attached hydrogen (secondary N) is 2. The number of carbonyl (C=O) groups excluding carboxylic acids is 1. The lowest BCUT2D eigenvalue weighted by Gasteiger charge is -2.34. The van der Waals surface area contributed by atoms with Crippen molar-refractivity contribution in [2.45, 2.75) is 45.7 Å². The van der Waals surface area contributed by atoms with Gasteiger partial charge in [-0.2, -0.15) is 5.10 Å². The highest BCUT2D eigenvalue weighted by molar-refractivity contribution is 5.75. The lowest BCUT2D eigenvalue weighted by atomic mass is 10.2. The van der Waals surface area contributed by atoms with Crippen LogP contribution in [0.1, 0.15) is 25.4 Å². The van der Waals surface area contributed by atoms with Crippen LogP contribution in [0.2, 0.25) is 0 Å². The van der Waals surface area contributed by atoms with Crippen molar-refractivity contribution in [1.29, 1.82) is 0 Å². The van der Waals surface area contributed by atoms with Crippen LogP contribution >= 0.6 is 0 Å². The van der Waals surface area contributed by atoms with Crippen LogP contribution in [0.5, 0.6) is 0 Å². The maximum Gasteiger partial charge on any atom is 0.242 e. The van der Waals surface area contributed by atoms with Gasteiger partial charge in [-0.05, 0) is 30.3 Å². The second-order valence-corrected chi connectivity index (χ2v) is 6.06. The molecule has 2 atom stereocenters. The molecule has 3 rings (SSSR count). The summed E-state index contributed by atoms with van der Waals surface area (Å²) >= 11 is 0. The number of ether oxygens (including phenoxy) is 1. The molecule has 1 amide bonds. The predicted molar refractivity (Wildman–Crippen MR) is 83.5 cm³/mol. The molecule has 0 aromatic carbocycles. The molecular weight excluding hydrogens is 312 g/mol. The molecule has 130 valence electrons. The molecule has 10 heteroatoms. The molecule has 0 spiro atoms. The Morgan fingerprint density at radius 2 is 2.21 bits per heavy atom. The molecule has 1 aliphatic rings. The molecule has 24 heavy (non-hydrogen) atoms. The van der Waals surface area contributed by atoms with Crippen molar-refractivity contribution in [3.05, 3.63) is 23.8 Å². The summed E-state index contributed by atoms with van der Waals surface area (Å²) in [5.41, 5.74) is 0.844. The Bertz CT molecular complexity index is 646. The van der Waals surface area contributed by atoms with E-state index in [1.807, 2.05) is 6.07 Å². The second kappa shape index (κ2) is 7.49. The number of amides is 1. The average Bonchev–Trinajstić information content (AvgIpc) is 3.17. The molecular formula is C14H22N8O2. The van der Waals surface area contributed by atoms with Crippen LogP contribution < -0.4 is 5.32 Å². The molecule has 1 aliphatic heterocycles. The number of aromatic nitrogens is 6. The predicted octanol–water partition coefficient (Wildman–Crippen LogP) is -0.678. The van der Waals surface area contributed by atoms with Gasteiger partial charge >= 0.3 is 0 Å². The minimum atomic E-state index is -0.151. The van der Waals surface area contributed by atoms with Crippen molar-refractivity contribution in [3.8, 4) is 0 Å². The van der Waals surface area contributed by atoms with Gasteiger partial charge < -0.3 is 10.1 Å². The quantitative estimate of drug-likeness (QED) is 0.719. The van der Waals surface area contributed by atoms with Gasteiger partial charge in [-0.3, -0.25) is 14.8 Å². The number of rotatable bonds is 6. The van der Waals surface area contributed by atoms with Gasteiger partial charge in [-0.1, -0.05) is 0 Å². The van der Waals surface area contributed by atoms with Gasteiger partial charge in [0.05, 0.1) is 31.0 Å². The highest BCUT2D eigenvalue weighted by atomic mass is 16.5. The molecule has 10 nitrogen and oxygen atoms in total. The van der Waals surface area contributed by atoms with Crippen molar-refractivity contribution in [1.82, 2.24) is 40.6 Å². The van der Waals surface area contributed by atoms with E-state index in [9.17, 15) is 4.79 Å². The third-order valence-electron chi connectivity index (χ3n) is 3.79. The SMILES string of the molecule is C[C@@H]1CN(Cc2nnnn2CC(=O)NCc2ccn[nH]2)C[C@H](C)O1. The smallest absolute Gasteiger partial charge is 0.242 e. The molecule has 2 aromatic heterocycles. The van der Waals surface area contributed by atoms with Gasteiger partial charge in [0, 0.05) is 19.3 Å². The summed E-state index contributed by atoms with van der Waals surface area (Å²) in [6, 6.07) is 1.81. The zero-order chi connectivity index (χ0) is 16.9. The number of morpholine rings is 1. The molecule has 0 radical (unpaired) electrons. The zero-order valence-electron chi connectivity index (χ0n) is 13.8. The van der Waals surface area contributed by atoms with Gasteiger partial charge in [0.25, 0.3) is 0 Å². The molecule has 0 bridgehead atoms. The van der Waals surface area contributed by atoms with Crippen molar-refractivity contribution in [2.24, 2.45) is 0 Å². The first-order valence-electron chi connectivity index (χ1n) is 7.98. The maximum absolute atomic E-state index is 12.1. The molecule has 1 fully saturated rings. The topological polar surface area (TPSA) is 114 Å². The van der Waals surface area contributed by atoms with E-state index in [2.05, 4.69) is 49.8 Å². The summed E-state index contributed by atoms with van der Waals surface area (Å²) in [5.74, 6) is 0.523. The van der Waals surface area contributed by atoms with E-state index >= 15 is 0 Å². The molecule has 0 unspecified atom stereocenters. The van der Waals surface area contributed by atoms with Crippen LogP contribution in [0, 0.1) is 0 Å². The second-order valence-electron chi connectivity index (χ2n) is 6.06. The Kier molecular flexibility index (Phi) is 5.16. The summed E-state index contributed by atoms with van der Waals surface area (Å²) in [5, 5.41) is 21.1. The number of hydrogen-bond acceptors (Lipinski definition) is 7. The third-order valence-corrected chi connectivity index (χ3v) is 3.79. The van der Waals surface area contributed by atoms with Crippen LogP contribution in [0.3, 0.4) is 0 Å². The van der Waals surface area contributed by atoms with Gasteiger partial charge in [0.15, 0.2) is 5.82 Å². The minimum absolute atomic E-state index is 0.0892. The summed E-state index contributed by atoms with van der Waals surface area (Å²) in [4.78, 5) is 14.3. The largest absolute Gasteiger partial charge is 0.373 e. The number of H-pyrrole nitrogens is 1. The normalized spacial score (nSPS) is 21.8. The van der Waals surface area contributed by atoms with E-state index in [1.54, 1.807) is 6.20 Å². The first-order chi connectivity index (χ1) is 11.6. The summed E-state index contributed by atoms with van der Waals surface area (Å²) in [6.07, 6.45) is 2.00. The Balaban J connectivity index is 1.53. The minimum Gasteiger partial charge on any atom is -0.373 e. The zero-order valence-corrected chi connectivity index (χ0v) is 13.8. The van der Waals surface area contributed by atoms with E-state index in [0.29, 0.717) is 18.9 Å². The molecule has 0 saturated carbocycles. The Morgan fingerprint density at radius 3 is 2.92 bits per heavy atom. The van der Waals surface area contributed by atoms with Crippen LogP contribution in [0.4, 0.5) is 0 Å². The van der Waals surface area contributed by atoms with Crippen molar-refractivity contribution >= 4 is 5.91 Å². The number of carbonyl (C=O) groups is 1. The maximum atomic E-state index is 12.1. The fraction of sp³-hybridized carbons (Fsp3) is 0.643. The van der Waals surface area contributed by atoms with Crippen LogP contribution in [-0.4, -0.2) is 66.5 Å². The number of nitrogens with zero attached hydrogens (tertiary/aromatic N) is 6. The number of hydrogen-bond donors (Lipinski definition) is 2. The first kappa shape index (κ1) is 16.5. The standard InChI is InChI=1S/C14H22N8O2/c1-10-6-21(7-11(2)24-10)8-13-18-19-20-22(13)9-14(23)15-5-12-3-4-16-17-12/h3-4,10-11H,5-9H2,1-2H3,(H,15,23)(H,16,17)/t10-,11+. The highest BCUT2D eigenvalue weighted by Crippen LogP contribution is 2.12.